The molecule has 8 nitrogen and oxygen atoms in total. The zero-order valence-corrected chi connectivity index (χ0v) is 18.8. The molecular formula is C24H30FN5O3. The highest BCUT2D eigenvalue weighted by Crippen LogP contribution is 2.32. The molecule has 9 heteroatoms. The Balaban J connectivity index is 1.29. The number of nitrogens with one attached hydrogen (secondary N) is 2. The number of fused-ring (bicyclic) bond motifs is 1. The predicted octanol–water partition coefficient (Wildman–Crippen LogP) is 2.51. The molecule has 0 saturated carbocycles. The number of hydrogen-bond acceptors (Lipinski definition) is 6. The van der Waals surface area contributed by atoms with Crippen LogP contribution in [-0.2, 0) is 16.0 Å². The first-order chi connectivity index (χ1) is 16.0. The monoisotopic (exact) mass is 455 g/mol. The van der Waals surface area contributed by atoms with Crippen molar-refractivity contribution in [2.75, 3.05) is 39.4 Å². The van der Waals surface area contributed by atoms with E-state index >= 15 is 0 Å². The standard InChI is InChI=1S/C24H30FN5O3/c1-16-15-29-23-22(16)21(5-7-27-23)33-20-4-3-17(13-18(20)25)14-19(26)24(31)28-6-2-8-30-9-11-32-12-10-30/h3-5,7,13,15,19H,2,6,8-12,14,26H2,1H3,(H,27,29)(H,28,31). The van der Waals surface area contributed by atoms with E-state index in [1.165, 1.54) is 6.07 Å². The molecule has 1 saturated heterocycles. The third-order valence-corrected chi connectivity index (χ3v) is 5.80. The van der Waals surface area contributed by atoms with Crippen LogP contribution in [0, 0.1) is 12.7 Å². The van der Waals surface area contributed by atoms with Crippen molar-refractivity contribution >= 4 is 16.9 Å². The lowest BCUT2D eigenvalue weighted by Gasteiger charge is -2.26. The number of morpholine rings is 1. The molecule has 1 amide bonds. The molecule has 1 unspecified atom stereocenters. The van der Waals surface area contributed by atoms with Crippen LogP contribution < -0.4 is 15.8 Å². The van der Waals surface area contributed by atoms with E-state index < -0.39 is 11.9 Å². The maximum atomic E-state index is 14.7. The van der Waals surface area contributed by atoms with Crippen LogP contribution in [0.25, 0.3) is 11.0 Å². The van der Waals surface area contributed by atoms with Crippen LogP contribution in [0.1, 0.15) is 17.5 Å². The average Bonchev–Trinajstić information content (AvgIpc) is 3.20. The summed E-state index contributed by atoms with van der Waals surface area (Å²) in [4.78, 5) is 22.0. The van der Waals surface area contributed by atoms with Crippen molar-refractivity contribution in [1.82, 2.24) is 20.2 Å². The van der Waals surface area contributed by atoms with Crippen LogP contribution in [0.15, 0.2) is 36.7 Å². The predicted molar refractivity (Wildman–Crippen MR) is 124 cm³/mol. The molecule has 0 radical (unpaired) electrons. The zero-order valence-electron chi connectivity index (χ0n) is 18.8. The smallest absolute Gasteiger partial charge is 0.237 e. The summed E-state index contributed by atoms with van der Waals surface area (Å²) < 4.78 is 25.9. The number of aryl methyl sites for hydroxylation is 1. The second kappa shape index (κ2) is 10.7. The van der Waals surface area contributed by atoms with Gasteiger partial charge in [0.15, 0.2) is 11.6 Å². The Morgan fingerprint density at radius 1 is 1.33 bits per heavy atom. The molecule has 0 bridgehead atoms. The fraction of sp³-hybridized carbons (Fsp3) is 0.417. The Hall–Kier alpha value is -3.01. The molecule has 0 spiro atoms. The molecule has 176 valence electrons. The fourth-order valence-electron chi connectivity index (χ4n) is 3.96. The summed E-state index contributed by atoms with van der Waals surface area (Å²) in [5.74, 6) is -0.116. The summed E-state index contributed by atoms with van der Waals surface area (Å²) in [7, 11) is 0. The number of carbonyl (C=O) groups is 1. The van der Waals surface area contributed by atoms with Crippen LogP contribution in [0.3, 0.4) is 0 Å². The molecule has 1 atom stereocenters. The summed E-state index contributed by atoms with van der Waals surface area (Å²) in [5.41, 5.74) is 8.33. The van der Waals surface area contributed by atoms with Gasteiger partial charge in [0.25, 0.3) is 0 Å². The Kier molecular flexibility index (Phi) is 7.54. The van der Waals surface area contributed by atoms with Gasteiger partial charge in [-0.05, 0) is 55.6 Å². The van der Waals surface area contributed by atoms with E-state index in [0.717, 1.165) is 50.2 Å². The molecule has 4 N–H and O–H groups in total. The number of aromatic amines is 1. The minimum absolute atomic E-state index is 0.105. The molecule has 0 aliphatic carbocycles. The first-order valence-corrected chi connectivity index (χ1v) is 11.2. The number of rotatable bonds is 9. The largest absolute Gasteiger partial charge is 0.453 e. The Morgan fingerprint density at radius 2 is 2.15 bits per heavy atom. The van der Waals surface area contributed by atoms with E-state index in [9.17, 15) is 9.18 Å². The second-order valence-electron chi connectivity index (χ2n) is 8.28. The quantitative estimate of drug-likeness (QED) is 0.428. The number of nitrogens with zero attached hydrogens (tertiary/aromatic N) is 2. The lowest BCUT2D eigenvalue weighted by atomic mass is 10.1. The van der Waals surface area contributed by atoms with Crippen LogP contribution in [0.4, 0.5) is 4.39 Å². The van der Waals surface area contributed by atoms with Crippen molar-refractivity contribution in [1.29, 1.82) is 0 Å². The summed E-state index contributed by atoms with van der Waals surface area (Å²) in [6.45, 7) is 6.78. The van der Waals surface area contributed by atoms with Gasteiger partial charge in [-0.1, -0.05) is 6.07 Å². The summed E-state index contributed by atoms with van der Waals surface area (Å²) >= 11 is 0. The Labute approximate surface area is 192 Å². The number of H-pyrrole nitrogens is 1. The number of nitrogens with two attached hydrogens (primary N) is 1. The summed E-state index contributed by atoms with van der Waals surface area (Å²) in [6.07, 6.45) is 4.53. The van der Waals surface area contributed by atoms with E-state index in [0.29, 0.717) is 23.5 Å². The molecule has 33 heavy (non-hydrogen) atoms. The number of benzene rings is 1. The molecule has 1 aromatic carbocycles. The number of carbonyl (C=O) groups excluding carboxylic acids is 1. The molecule has 3 heterocycles. The molecule has 1 aliphatic heterocycles. The first kappa shape index (κ1) is 23.2. The van der Waals surface area contributed by atoms with E-state index in [2.05, 4.69) is 20.2 Å². The van der Waals surface area contributed by atoms with Gasteiger partial charge in [-0.3, -0.25) is 9.69 Å². The molecule has 1 fully saturated rings. The molecule has 2 aromatic heterocycles. The van der Waals surface area contributed by atoms with Crippen LogP contribution in [0.5, 0.6) is 11.5 Å². The second-order valence-corrected chi connectivity index (χ2v) is 8.28. The molecule has 1 aliphatic rings. The third-order valence-electron chi connectivity index (χ3n) is 5.80. The van der Waals surface area contributed by atoms with Crippen LogP contribution in [-0.4, -0.2) is 66.2 Å². The summed E-state index contributed by atoms with van der Waals surface area (Å²) in [6, 6.07) is 5.61. The molecule has 3 aromatic rings. The zero-order chi connectivity index (χ0) is 23.2. The molecular weight excluding hydrogens is 425 g/mol. The van der Waals surface area contributed by atoms with Crippen molar-refractivity contribution in [3.63, 3.8) is 0 Å². The first-order valence-electron chi connectivity index (χ1n) is 11.2. The SMILES string of the molecule is Cc1c[nH]c2nccc(Oc3ccc(CC(N)C(=O)NCCCN4CCOCC4)cc3F)c12. The minimum Gasteiger partial charge on any atom is -0.453 e. The van der Waals surface area contributed by atoms with Crippen molar-refractivity contribution in [2.45, 2.75) is 25.8 Å². The summed E-state index contributed by atoms with van der Waals surface area (Å²) in [5, 5.41) is 3.68. The van der Waals surface area contributed by atoms with E-state index in [1.54, 1.807) is 24.4 Å². The maximum Gasteiger partial charge on any atom is 0.237 e. The Bertz CT molecular complexity index is 1100. The van der Waals surface area contributed by atoms with Gasteiger partial charge < -0.3 is 25.5 Å². The van der Waals surface area contributed by atoms with Crippen LogP contribution >= 0.6 is 0 Å². The minimum atomic E-state index is -0.748. The number of amides is 1. The fourth-order valence-corrected chi connectivity index (χ4v) is 3.96. The van der Waals surface area contributed by atoms with Gasteiger partial charge in [0.2, 0.25) is 5.91 Å². The van der Waals surface area contributed by atoms with Gasteiger partial charge in [0.1, 0.15) is 11.4 Å². The number of halogens is 1. The van der Waals surface area contributed by atoms with Gasteiger partial charge in [-0.15, -0.1) is 0 Å². The highest BCUT2D eigenvalue weighted by Gasteiger charge is 2.17. The number of aromatic nitrogens is 2. The third kappa shape index (κ3) is 5.87. The highest BCUT2D eigenvalue weighted by molar-refractivity contribution is 5.86. The van der Waals surface area contributed by atoms with Gasteiger partial charge in [-0.2, -0.15) is 0 Å². The maximum absolute atomic E-state index is 14.7. The number of hydrogen-bond donors (Lipinski definition) is 3. The highest BCUT2D eigenvalue weighted by atomic mass is 19.1. The van der Waals surface area contributed by atoms with E-state index in [4.69, 9.17) is 15.2 Å². The van der Waals surface area contributed by atoms with Gasteiger partial charge in [-0.25, -0.2) is 9.37 Å². The average molecular weight is 456 g/mol. The molecule has 4 rings (SSSR count). The van der Waals surface area contributed by atoms with Gasteiger partial charge in [0, 0.05) is 32.0 Å². The van der Waals surface area contributed by atoms with Crippen molar-refractivity contribution in [2.24, 2.45) is 5.73 Å². The number of ether oxygens (including phenoxy) is 2. The normalized spacial score (nSPS) is 15.5. The lowest BCUT2D eigenvalue weighted by molar-refractivity contribution is -0.122. The van der Waals surface area contributed by atoms with Crippen molar-refractivity contribution in [3.05, 3.63) is 53.6 Å². The van der Waals surface area contributed by atoms with E-state index in [1.807, 2.05) is 13.1 Å². The van der Waals surface area contributed by atoms with Gasteiger partial charge >= 0.3 is 0 Å². The number of pyridine rings is 1. The van der Waals surface area contributed by atoms with Crippen LogP contribution in [0.2, 0.25) is 0 Å². The van der Waals surface area contributed by atoms with E-state index in [-0.39, 0.29) is 18.1 Å². The van der Waals surface area contributed by atoms with Crippen molar-refractivity contribution in [3.8, 4) is 11.5 Å². The Morgan fingerprint density at radius 3 is 2.94 bits per heavy atom. The lowest BCUT2D eigenvalue weighted by Crippen LogP contribution is -2.43. The van der Waals surface area contributed by atoms with Gasteiger partial charge in [0.05, 0.1) is 24.6 Å². The topological polar surface area (TPSA) is 106 Å². The van der Waals surface area contributed by atoms with Crippen molar-refractivity contribution < 1.29 is 18.7 Å².